The molecular weight excluding hydrogens is 226 g/mol. The van der Waals surface area contributed by atoms with E-state index in [1.807, 2.05) is 24.3 Å². The summed E-state index contributed by atoms with van der Waals surface area (Å²) >= 11 is 6.06. The summed E-state index contributed by atoms with van der Waals surface area (Å²) in [6.07, 6.45) is 1.05. The standard InChI is InChI=1S/C11H10ClN3O/c12-8-4-2-1-3-7(8)10-14-11(16-15-10)9-5-6-13-9/h1-4,9,13H,5-6H2/t9-/m1/s1. The molecular formula is C11H10ClN3O. The molecule has 1 aromatic heterocycles. The normalized spacial score (nSPS) is 19.4. The van der Waals surface area contributed by atoms with Gasteiger partial charge < -0.3 is 9.84 Å². The monoisotopic (exact) mass is 235 g/mol. The van der Waals surface area contributed by atoms with Gasteiger partial charge in [0.25, 0.3) is 0 Å². The number of halogens is 1. The molecule has 0 amide bonds. The number of rotatable bonds is 2. The Bertz CT molecular complexity index is 507. The van der Waals surface area contributed by atoms with Crippen LogP contribution in [0, 0.1) is 0 Å². The van der Waals surface area contributed by atoms with Crippen LogP contribution >= 0.6 is 11.6 Å². The summed E-state index contributed by atoms with van der Waals surface area (Å²) in [4.78, 5) is 4.34. The Morgan fingerprint density at radius 1 is 1.38 bits per heavy atom. The lowest BCUT2D eigenvalue weighted by molar-refractivity contribution is 0.273. The van der Waals surface area contributed by atoms with Gasteiger partial charge in [-0.3, -0.25) is 0 Å². The first kappa shape index (κ1) is 9.81. The Hall–Kier alpha value is -1.39. The van der Waals surface area contributed by atoms with Gasteiger partial charge in [0.2, 0.25) is 11.7 Å². The number of nitrogens with zero attached hydrogens (tertiary/aromatic N) is 2. The van der Waals surface area contributed by atoms with Gasteiger partial charge in [-0.2, -0.15) is 4.98 Å². The van der Waals surface area contributed by atoms with E-state index in [0.717, 1.165) is 18.5 Å². The maximum Gasteiger partial charge on any atom is 0.244 e. The summed E-state index contributed by atoms with van der Waals surface area (Å²) in [6.45, 7) is 1.01. The minimum atomic E-state index is 0.212. The van der Waals surface area contributed by atoms with Crippen LogP contribution in [0.3, 0.4) is 0 Å². The Morgan fingerprint density at radius 3 is 2.88 bits per heavy atom. The largest absolute Gasteiger partial charge is 0.337 e. The van der Waals surface area contributed by atoms with Crippen LogP contribution in [0.2, 0.25) is 5.02 Å². The molecule has 0 saturated carbocycles. The highest BCUT2D eigenvalue weighted by atomic mass is 35.5. The maximum absolute atomic E-state index is 6.06. The van der Waals surface area contributed by atoms with Crippen molar-refractivity contribution in [2.24, 2.45) is 0 Å². The van der Waals surface area contributed by atoms with Gasteiger partial charge in [0.1, 0.15) is 0 Å². The Morgan fingerprint density at radius 2 is 2.19 bits per heavy atom. The van der Waals surface area contributed by atoms with Crippen molar-refractivity contribution in [3.63, 3.8) is 0 Å². The third-order valence-corrected chi connectivity index (χ3v) is 3.01. The molecule has 2 aromatic rings. The van der Waals surface area contributed by atoms with Crippen molar-refractivity contribution >= 4 is 11.6 Å². The topological polar surface area (TPSA) is 51.0 Å². The molecule has 2 heterocycles. The lowest BCUT2D eigenvalue weighted by Crippen LogP contribution is -2.35. The van der Waals surface area contributed by atoms with Crippen LogP contribution in [0.25, 0.3) is 11.4 Å². The third-order valence-electron chi connectivity index (χ3n) is 2.68. The van der Waals surface area contributed by atoms with E-state index in [9.17, 15) is 0 Å². The fourth-order valence-electron chi connectivity index (χ4n) is 1.63. The SMILES string of the molecule is Clc1ccccc1-c1noc([C@H]2CCN2)n1. The molecule has 0 unspecified atom stereocenters. The van der Waals surface area contributed by atoms with Crippen molar-refractivity contribution in [1.29, 1.82) is 0 Å². The number of nitrogens with one attached hydrogen (secondary N) is 1. The molecule has 0 aliphatic carbocycles. The molecule has 16 heavy (non-hydrogen) atoms. The molecule has 3 rings (SSSR count). The molecule has 0 bridgehead atoms. The van der Waals surface area contributed by atoms with Gasteiger partial charge in [-0.05, 0) is 25.1 Å². The van der Waals surface area contributed by atoms with E-state index in [4.69, 9.17) is 16.1 Å². The van der Waals surface area contributed by atoms with Crippen molar-refractivity contribution in [3.8, 4) is 11.4 Å². The van der Waals surface area contributed by atoms with Gasteiger partial charge in [-0.1, -0.05) is 28.9 Å². The van der Waals surface area contributed by atoms with E-state index in [2.05, 4.69) is 15.5 Å². The summed E-state index contributed by atoms with van der Waals surface area (Å²) in [5.74, 6) is 1.19. The van der Waals surface area contributed by atoms with Crippen LogP contribution in [0.1, 0.15) is 18.4 Å². The van der Waals surface area contributed by atoms with Crippen molar-refractivity contribution in [2.45, 2.75) is 12.5 Å². The third kappa shape index (κ3) is 1.60. The Balaban J connectivity index is 1.95. The second-order valence-corrected chi connectivity index (χ2v) is 4.14. The summed E-state index contributed by atoms with van der Waals surface area (Å²) in [7, 11) is 0. The average Bonchev–Trinajstić information content (AvgIpc) is 2.65. The first-order valence-electron chi connectivity index (χ1n) is 5.16. The van der Waals surface area contributed by atoms with Crippen LogP contribution in [-0.2, 0) is 0 Å². The van der Waals surface area contributed by atoms with Crippen LogP contribution < -0.4 is 5.32 Å². The molecule has 1 aromatic carbocycles. The van der Waals surface area contributed by atoms with E-state index >= 15 is 0 Å². The van der Waals surface area contributed by atoms with Gasteiger partial charge in [0.05, 0.1) is 11.1 Å². The molecule has 1 fully saturated rings. The maximum atomic E-state index is 6.06. The minimum Gasteiger partial charge on any atom is -0.337 e. The molecule has 1 saturated heterocycles. The zero-order valence-corrected chi connectivity index (χ0v) is 9.24. The van der Waals surface area contributed by atoms with E-state index in [1.165, 1.54) is 0 Å². The van der Waals surface area contributed by atoms with Crippen molar-refractivity contribution in [1.82, 2.24) is 15.5 Å². The van der Waals surface area contributed by atoms with Gasteiger partial charge in [-0.25, -0.2) is 0 Å². The molecule has 1 atom stereocenters. The summed E-state index contributed by atoms with van der Waals surface area (Å²) in [5, 5.41) is 7.79. The minimum absolute atomic E-state index is 0.212. The van der Waals surface area contributed by atoms with Crippen LogP contribution in [0.15, 0.2) is 28.8 Å². The van der Waals surface area contributed by atoms with Crippen molar-refractivity contribution in [2.75, 3.05) is 6.54 Å². The molecule has 82 valence electrons. The first-order valence-corrected chi connectivity index (χ1v) is 5.54. The van der Waals surface area contributed by atoms with Gasteiger partial charge in [-0.15, -0.1) is 0 Å². The van der Waals surface area contributed by atoms with E-state index < -0.39 is 0 Å². The van der Waals surface area contributed by atoms with Crippen molar-refractivity contribution in [3.05, 3.63) is 35.2 Å². The van der Waals surface area contributed by atoms with E-state index in [-0.39, 0.29) is 6.04 Å². The fourth-order valence-corrected chi connectivity index (χ4v) is 1.85. The highest BCUT2D eigenvalue weighted by Crippen LogP contribution is 2.27. The second kappa shape index (κ2) is 3.88. The zero-order chi connectivity index (χ0) is 11.0. The van der Waals surface area contributed by atoms with Gasteiger partial charge in [0.15, 0.2) is 0 Å². The number of aromatic nitrogens is 2. The fraction of sp³-hybridized carbons (Fsp3) is 0.273. The van der Waals surface area contributed by atoms with Gasteiger partial charge >= 0.3 is 0 Å². The number of hydrogen-bond acceptors (Lipinski definition) is 4. The first-order chi connectivity index (χ1) is 7.84. The molecule has 5 heteroatoms. The lowest BCUT2D eigenvalue weighted by Gasteiger charge is -2.23. The van der Waals surface area contributed by atoms with E-state index in [1.54, 1.807) is 0 Å². The van der Waals surface area contributed by atoms with E-state index in [0.29, 0.717) is 16.7 Å². The van der Waals surface area contributed by atoms with Crippen LogP contribution in [0.4, 0.5) is 0 Å². The Kier molecular flexibility index (Phi) is 2.38. The second-order valence-electron chi connectivity index (χ2n) is 3.73. The highest BCUT2D eigenvalue weighted by Gasteiger charge is 2.25. The quantitative estimate of drug-likeness (QED) is 0.869. The van der Waals surface area contributed by atoms with Crippen molar-refractivity contribution < 1.29 is 4.52 Å². The average molecular weight is 236 g/mol. The summed E-state index contributed by atoms with van der Waals surface area (Å²) in [6, 6.07) is 7.68. The lowest BCUT2D eigenvalue weighted by atomic mass is 10.1. The molecule has 1 N–H and O–H groups in total. The smallest absolute Gasteiger partial charge is 0.244 e. The summed E-state index contributed by atoms with van der Waals surface area (Å²) in [5.41, 5.74) is 0.804. The number of hydrogen-bond donors (Lipinski definition) is 1. The number of benzene rings is 1. The van der Waals surface area contributed by atoms with Crippen LogP contribution in [-0.4, -0.2) is 16.7 Å². The molecule has 0 spiro atoms. The van der Waals surface area contributed by atoms with Crippen LogP contribution in [0.5, 0.6) is 0 Å². The molecule has 1 aliphatic rings. The Labute approximate surface area is 97.6 Å². The predicted molar refractivity (Wildman–Crippen MR) is 60.1 cm³/mol. The molecule has 0 radical (unpaired) electrons. The van der Waals surface area contributed by atoms with Gasteiger partial charge in [0, 0.05) is 5.56 Å². The summed E-state index contributed by atoms with van der Waals surface area (Å²) < 4.78 is 5.20. The zero-order valence-electron chi connectivity index (χ0n) is 8.48. The predicted octanol–water partition coefficient (Wildman–Crippen LogP) is 2.42. The molecule has 1 aliphatic heterocycles. The molecule has 4 nitrogen and oxygen atoms in total. The highest BCUT2D eigenvalue weighted by molar-refractivity contribution is 6.33.